The summed E-state index contributed by atoms with van der Waals surface area (Å²) in [6, 6.07) is 5.54. The van der Waals surface area contributed by atoms with Gasteiger partial charge < -0.3 is 10.0 Å². The van der Waals surface area contributed by atoms with Crippen LogP contribution in [0.2, 0.25) is 0 Å². The molecular formula is C13H19N3O2. The molecule has 1 aliphatic heterocycles. The fourth-order valence-electron chi connectivity index (χ4n) is 2.36. The molecule has 18 heavy (non-hydrogen) atoms. The van der Waals surface area contributed by atoms with Crippen molar-refractivity contribution in [2.75, 3.05) is 20.1 Å². The van der Waals surface area contributed by atoms with E-state index in [9.17, 15) is 9.90 Å². The van der Waals surface area contributed by atoms with Gasteiger partial charge in [-0.25, -0.2) is 4.79 Å². The Morgan fingerprint density at radius 3 is 2.89 bits per heavy atom. The fourth-order valence-corrected chi connectivity index (χ4v) is 2.36. The van der Waals surface area contributed by atoms with Crippen molar-refractivity contribution in [3.05, 3.63) is 30.1 Å². The number of pyridine rings is 1. The zero-order valence-corrected chi connectivity index (χ0v) is 10.8. The smallest absolute Gasteiger partial charge is 0.329 e. The number of likely N-dealkylation sites (tertiary alicyclic amines) is 1. The number of aliphatic carboxylic acids is 1. The molecule has 2 rings (SSSR count). The molecule has 1 fully saturated rings. The Morgan fingerprint density at radius 2 is 2.39 bits per heavy atom. The van der Waals surface area contributed by atoms with Gasteiger partial charge in [-0.3, -0.25) is 10.3 Å². The molecule has 2 atom stereocenters. The first kappa shape index (κ1) is 13.0. The Morgan fingerprint density at radius 1 is 1.61 bits per heavy atom. The molecule has 1 aliphatic rings. The predicted octanol–water partition coefficient (Wildman–Crippen LogP) is 0.675. The van der Waals surface area contributed by atoms with E-state index < -0.39 is 11.5 Å². The molecule has 98 valence electrons. The molecule has 0 radical (unpaired) electrons. The molecule has 2 N–H and O–H groups in total. The summed E-state index contributed by atoms with van der Waals surface area (Å²) in [6.07, 6.45) is 2.59. The van der Waals surface area contributed by atoms with E-state index in [-0.39, 0.29) is 6.04 Å². The summed E-state index contributed by atoms with van der Waals surface area (Å²) in [5.74, 6) is -0.893. The number of likely N-dealkylation sites (N-methyl/N-ethyl adjacent to an activating group) is 1. The highest BCUT2D eigenvalue weighted by molar-refractivity contribution is 5.79. The van der Waals surface area contributed by atoms with Crippen molar-refractivity contribution in [1.29, 1.82) is 0 Å². The third-order valence-corrected chi connectivity index (χ3v) is 3.49. The molecular weight excluding hydrogens is 230 g/mol. The van der Waals surface area contributed by atoms with Gasteiger partial charge in [-0.15, -0.1) is 0 Å². The monoisotopic (exact) mass is 249 g/mol. The van der Waals surface area contributed by atoms with Gasteiger partial charge in [0.15, 0.2) is 5.54 Å². The second-order valence-corrected chi connectivity index (χ2v) is 5.04. The predicted molar refractivity (Wildman–Crippen MR) is 68.3 cm³/mol. The minimum Gasteiger partial charge on any atom is -0.480 e. The summed E-state index contributed by atoms with van der Waals surface area (Å²) >= 11 is 0. The number of nitrogens with one attached hydrogen (secondary N) is 1. The summed E-state index contributed by atoms with van der Waals surface area (Å²) in [5, 5.41) is 12.7. The van der Waals surface area contributed by atoms with Crippen molar-refractivity contribution in [2.24, 2.45) is 0 Å². The number of carboxylic acid groups (broad SMARTS) is 1. The highest BCUT2D eigenvalue weighted by atomic mass is 16.4. The summed E-state index contributed by atoms with van der Waals surface area (Å²) in [6.45, 7) is 3.54. The standard InChI is InChI=1S/C13H19N3O2/c1-13(12(17)18,11-5-3-4-7-14-11)15-10-6-8-16(2)9-10/h3-5,7,10,15H,6,8-9H2,1-2H3,(H,17,18). The van der Waals surface area contributed by atoms with Crippen molar-refractivity contribution in [3.8, 4) is 0 Å². The Balaban J connectivity index is 2.20. The highest BCUT2D eigenvalue weighted by Crippen LogP contribution is 2.21. The first-order chi connectivity index (χ1) is 8.52. The van der Waals surface area contributed by atoms with Crippen LogP contribution in [0.15, 0.2) is 24.4 Å². The molecule has 0 spiro atoms. The van der Waals surface area contributed by atoms with Gasteiger partial charge in [-0.05, 0) is 39.1 Å². The molecule has 5 heteroatoms. The maximum Gasteiger partial charge on any atom is 0.329 e. The van der Waals surface area contributed by atoms with E-state index in [4.69, 9.17) is 0 Å². The Kier molecular flexibility index (Phi) is 3.63. The largest absolute Gasteiger partial charge is 0.480 e. The van der Waals surface area contributed by atoms with Crippen LogP contribution >= 0.6 is 0 Å². The van der Waals surface area contributed by atoms with Crippen LogP contribution in [0, 0.1) is 0 Å². The number of carbonyl (C=O) groups is 1. The van der Waals surface area contributed by atoms with Gasteiger partial charge in [0.1, 0.15) is 0 Å². The van der Waals surface area contributed by atoms with Crippen LogP contribution in [0.25, 0.3) is 0 Å². The van der Waals surface area contributed by atoms with E-state index in [0.29, 0.717) is 5.69 Å². The van der Waals surface area contributed by atoms with Crippen LogP contribution in [-0.2, 0) is 10.3 Å². The van der Waals surface area contributed by atoms with Gasteiger partial charge in [-0.2, -0.15) is 0 Å². The maximum atomic E-state index is 11.6. The summed E-state index contributed by atoms with van der Waals surface area (Å²) in [4.78, 5) is 17.9. The van der Waals surface area contributed by atoms with Crippen LogP contribution in [0.3, 0.4) is 0 Å². The number of hydrogen-bond acceptors (Lipinski definition) is 4. The van der Waals surface area contributed by atoms with Gasteiger partial charge in [0.2, 0.25) is 0 Å². The van der Waals surface area contributed by atoms with Crippen LogP contribution < -0.4 is 5.32 Å². The van der Waals surface area contributed by atoms with E-state index in [2.05, 4.69) is 15.2 Å². The summed E-state index contributed by atoms with van der Waals surface area (Å²) < 4.78 is 0. The minimum atomic E-state index is -1.13. The van der Waals surface area contributed by atoms with E-state index >= 15 is 0 Å². The lowest BCUT2D eigenvalue weighted by atomic mass is 9.95. The fraction of sp³-hybridized carbons (Fsp3) is 0.538. The van der Waals surface area contributed by atoms with Gasteiger partial charge >= 0.3 is 5.97 Å². The number of hydrogen-bond donors (Lipinski definition) is 2. The quantitative estimate of drug-likeness (QED) is 0.821. The minimum absolute atomic E-state index is 0.193. The van der Waals surface area contributed by atoms with E-state index in [1.165, 1.54) is 0 Å². The second-order valence-electron chi connectivity index (χ2n) is 5.04. The molecule has 0 aromatic carbocycles. The lowest BCUT2D eigenvalue weighted by molar-refractivity contribution is -0.145. The van der Waals surface area contributed by atoms with E-state index in [1.54, 1.807) is 25.3 Å². The lowest BCUT2D eigenvalue weighted by Crippen LogP contribution is -2.52. The van der Waals surface area contributed by atoms with Crippen LogP contribution in [0.1, 0.15) is 19.0 Å². The maximum absolute atomic E-state index is 11.6. The SMILES string of the molecule is CN1CCC(NC(C)(C(=O)O)c2ccccn2)C1. The molecule has 0 bridgehead atoms. The third-order valence-electron chi connectivity index (χ3n) is 3.49. The molecule has 1 aromatic heterocycles. The first-order valence-electron chi connectivity index (χ1n) is 6.13. The van der Waals surface area contributed by atoms with Crippen LogP contribution in [-0.4, -0.2) is 47.1 Å². The van der Waals surface area contributed by atoms with Crippen molar-refractivity contribution < 1.29 is 9.90 Å². The van der Waals surface area contributed by atoms with Crippen molar-refractivity contribution in [3.63, 3.8) is 0 Å². The molecule has 0 aliphatic carbocycles. The first-order valence-corrected chi connectivity index (χ1v) is 6.13. The van der Waals surface area contributed by atoms with Crippen LogP contribution in [0.5, 0.6) is 0 Å². The normalized spacial score (nSPS) is 23.8. The number of aromatic nitrogens is 1. The average molecular weight is 249 g/mol. The molecule has 5 nitrogen and oxygen atoms in total. The Bertz CT molecular complexity index is 424. The second kappa shape index (κ2) is 5.04. The molecule has 1 aromatic rings. The lowest BCUT2D eigenvalue weighted by Gasteiger charge is -2.29. The molecule has 0 saturated carbocycles. The molecule has 1 saturated heterocycles. The van der Waals surface area contributed by atoms with E-state index in [0.717, 1.165) is 19.5 Å². The van der Waals surface area contributed by atoms with Crippen LogP contribution in [0.4, 0.5) is 0 Å². The van der Waals surface area contributed by atoms with Gasteiger partial charge in [-0.1, -0.05) is 6.07 Å². The summed E-state index contributed by atoms with van der Waals surface area (Å²) in [7, 11) is 2.04. The van der Waals surface area contributed by atoms with Crippen molar-refractivity contribution in [2.45, 2.75) is 24.9 Å². The number of carboxylic acids is 1. The van der Waals surface area contributed by atoms with Gasteiger partial charge in [0.25, 0.3) is 0 Å². The van der Waals surface area contributed by atoms with E-state index in [1.807, 2.05) is 13.1 Å². The highest BCUT2D eigenvalue weighted by Gasteiger charge is 2.39. The Hall–Kier alpha value is -1.46. The third kappa shape index (κ3) is 2.52. The van der Waals surface area contributed by atoms with Crippen molar-refractivity contribution >= 4 is 5.97 Å². The average Bonchev–Trinajstić information content (AvgIpc) is 2.75. The number of nitrogens with zero attached hydrogens (tertiary/aromatic N) is 2. The molecule has 2 heterocycles. The zero-order valence-electron chi connectivity index (χ0n) is 10.8. The topological polar surface area (TPSA) is 65.5 Å². The van der Waals surface area contributed by atoms with Gasteiger partial charge in [0, 0.05) is 18.8 Å². The Labute approximate surface area is 107 Å². The van der Waals surface area contributed by atoms with Crippen molar-refractivity contribution in [1.82, 2.24) is 15.2 Å². The van der Waals surface area contributed by atoms with Gasteiger partial charge in [0.05, 0.1) is 5.69 Å². The number of rotatable bonds is 4. The zero-order chi connectivity index (χ0) is 13.2. The molecule has 2 unspecified atom stereocenters. The summed E-state index contributed by atoms with van der Waals surface area (Å²) in [5.41, 5.74) is -0.580. The molecule has 0 amide bonds.